The fourth-order valence-corrected chi connectivity index (χ4v) is 1.46. The summed E-state index contributed by atoms with van der Waals surface area (Å²) >= 11 is 5.89. The van der Waals surface area contributed by atoms with Crippen molar-refractivity contribution in [3.05, 3.63) is 28.8 Å². The summed E-state index contributed by atoms with van der Waals surface area (Å²) < 4.78 is 10.5. The summed E-state index contributed by atoms with van der Waals surface area (Å²) in [7, 11) is 0. The van der Waals surface area contributed by atoms with E-state index < -0.39 is 0 Å². The minimum Gasteiger partial charge on any atom is -0.426 e. The van der Waals surface area contributed by atoms with E-state index >= 15 is 0 Å². The first-order chi connectivity index (χ1) is 8.49. The van der Waals surface area contributed by atoms with Crippen LogP contribution in [0.2, 0.25) is 5.02 Å². The fourth-order valence-electron chi connectivity index (χ4n) is 1.34. The first-order valence-corrected chi connectivity index (χ1v) is 6.41. The summed E-state index contributed by atoms with van der Waals surface area (Å²) in [6.07, 6.45) is 0.258. The van der Waals surface area contributed by atoms with Crippen molar-refractivity contribution in [3.63, 3.8) is 0 Å². The van der Waals surface area contributed by atoms with E-state index in [1.807, 2.05) is 6.92 Å². The zero-order chi connectivity index (χ0) is 13.5. The average molecular weight is 271 g/mol. The number of aryl methyl sites for hydroxylation is 1. The van der Waals surface area contributed by atoms with Gasteiger partial charge in [0, 0.05) is 11.6 Å². The second-order valence-electron chi connectivity index (χ2n) is 4.60. The lowest BCUT2D eigenvalue weighted by Gasteiger charge is -2.08. The number of carbonyl (C=O) groups is 1. The van der Waals surface area contributed by atoms with Gasteiger partial charge in [-0.05, 0) is 36.6 Å². The lowest BCUT2D eigenvalue weighted by Crippen LogP contribution is -2.12. The molecular formula is C14H19ClO3. The molecule has 0 radical (unpaired) electrons. The smallest absolute Gasteiger partial charge is 0.313 e. The zero-order valence-electron chi connectivity index (χ0n) is 11.0. The summed E-state index contributed by atoms with van der Waals surface area (Å²) in [5.41, 5.74) is 0.887. The molecule has 0 fully saturated rings. The highest BCUT2D eigenvalue weighted by atomic mass is 35.5. The molecule has 4 heteroatoms. The van der Waals surface area contributed by atoms with E-state index in [4.69, 9.17) is 21.1 Å². The third kappa shape index (κ3) is 5.52. The van der Waals surface area contributed by atoms with Crippen molar-refractivity contribution in [2.45, 2.75) is 27.2 Å². The number of halogens is 1. The maximum absolute atomic E-state index is 11.5. The van der Waals surface area contributed by atoms with Crippen molar-refractivity contribution in [1.82, 2.24) is 0 Å². The van der Waals surface area contributed by atoms with Crippen LogP contribution in [0.5, 0.6) is 5.75 Å². The van der Waals surface area contributed by atoms with Gasteiger partial charge in [-0.15, -0.1) is 0 Å². The second-order valence-corrected chi connectivity index (χ2v) is 5.01. The van der Waals surface area contributed by atoms with Gasteiger partial charge in [0.25, 0.3) is 0 Å². The van der Waals surface area contributed by atoms with Gasteiger partial charge >= 0.3 is 5.97 Å². The largest absolute Gasteiger partial charge is 0.426 e. The minimum atomic E-state index is -0.291. The van der Waals surface area contributed by atoms with E-state index in [9.17, 15) is 4.79 Å². The van der Waals surface area contributed by atoms with Gasteiger partial charge < -0.3 is 9.47 Å². The molecule has 0 aliphatic rings. The number of ether oxygens (including phenoxy) is 2. The molecule has 1 aromatic carbocycles. The molecule has 0 saturated heterocycles. The number of carbonyl (C=O) groups excluding carboxylic acids is 1. The number of hydrogen-bond donors (Lipinski definition) is 0. The molecule has 0 saturated carbocycles. The predicted molar refractivity (Wildman–Crippen MR) is 72.1 cm³/mol. The van der Waals surface area contributed by atoms with E-state index in [0.717, 1.165) is 5.56 Å². The molecule has 18 heavy (non-hydrogen) atoms. The van der Waals surface area contributed by atoms with Gasteiger partial charge in [-0.2, -0.15) is 0 Å². The van der Waals surface area contributed by atoms with Gasteiger partial charge in [0.05, 0.1) is 13.0 Å². The van der Waals surface area contributed by atoms with Crippen molar-refractivity contribution in [1.29, 1.82) is 0 Å². The number of rotatable bonds is 6. The Bertz CT molecular complexity index is 402. The Morgan fingerprint density at radius 3 is 2.72 bits per heavy atom. The van der Waals surface area contributed by atoms with Crippen molar-refractivity contribution >= 4 is 17.6 Å². The van der Waals surface area contributed by atoms with Gasteiger partial charge in [0.2, 0.25) is 0 Å². The number of benzene rings is 1. The molecule has 0 aliphatic heterocycles. The molecule has 0 amide bonds. The second kappa shape index (κ2) is 7.39. The van der Waals surface area contributed by atoms with Crippen LogP contribution in [0.3, 0.4) is 0 Å². The lowest BCUT2D eigenvalue weighted by molar-refractivity contribution is -0.135. The molecular weight excluding hydrogens is 252 g/mol. The van der Waals surface area contributed by atoms with Crippen LogP contribution in [0.25, 0.3) is 0 Å². The molecule has 0 heterocycles. The minimum absolute atomic E-state index is 0.258. The maximum atomic E-state index is 11.5. The Morgan fingerprint density at radius 1 is 1.39 bits per heavy atom. The summed E-state index contributed by atoms with van der Waals surface area (Å²) in [6.45, 7) is 7.05. The Balaban J connectivity index is 2.33. The first kappa shape index (κ1) is 15.0. The highest BCUT2D eigenvalue weighted by Crippen LogP contribution is 2.21. The van der Waals surface area contributed by atoms with Gasteiger partial charge in [0.1, 0.15) is 5.75 Å². The lowest BCUT2D eigenvalue weighted by atomic mass is 10.2. The normalized spacial score (nSPS) is 10.7. The van der Waals surface area contributed by atoms with Crippen LogP contribution in [0.15, 0.2) is 18.2 Å². The van der Waals surface area contributed by atoms with Gasteiger partial charge in [-0.25, -0.2) is 0 Å². The number of esters is 1. The van der Waals surface area contributed by atoms with E-state index in [0.29, 0.717) is 29.9 Å². The van der Waals surface area contributed by atoms with E-state index in [-0.39, 0.29) is 12.4 Å². The SMILES string of the molecule is Cc1cc(OC(=O)CCOCC(C)C)ccc1Cl. The highest BCUT2D eigenvalue weighted by Gasteiger charge is 2.06. The summed E-state index contributed by atoms with van der Waals surface area (Å²) in [5.74, 6) is 0.700. The molecule has 0 aromatic heterocycles. The molecule has 0 atom stereocenters. The summed E-state index contributed by atoms with van der Waals surface area (Å²) in [6, 6.07) is 5.15. The summed E-state index contributed by atoms with van der Waals surface area (Å²) in [5, 5.41) is 0.662. The van der Waals surface area contributed by atoms with Crippen molar-refractivity contribution in [3.8, 4) is 5.75 Å². The highest BCUT2D eigenvalue weighted by molar-refractivity contribution is 6.31. The molecule has 0 spiro atoms. The quantitative estimate of drug-likeness (QED) is 0.450. The van der Waals surface area contributed by atoms with Gasteiger partial charge in [0.15, 0.2) is 0 Å². The van der Waals surface area contributed by atoms with Crippen molar-refractivity contribution < 1.29 is 14.3 Å². The predicted octanol–water partition coefficient (Wildman–Crippen LogP) is 3.62. The molecule has 1 aromatic rings. The Labute approximate surface area is 113 Å². The third-order valence-corrected chi connectivity index (χ3v) is 2.69. The van der Waals surface area contributed by atoms with Gasteiger partial charge in [-0.3, -0.25) is 4.79 Å². The monoisotopic (exact) mass is 270 g/mol. The molecule has 3 nitrogen and oxygen atoms in total. The van der Waals surface area contributed by atoms with E-state index in [1.54, 1.807) is 18.2 Å². The molecule has 0 N–H and O–H groups in total. The fraction of sp³-hybridized carbons (Fsp3) is 0.500. The standard InChI is InChI=1S/C14H19ClO3/c1-10(2)9-17-7-6-14(16)18-12-4-5-13(15)11(3)8-12/h4-5,8,10H,6-7,9H2,1-3H3. The van der Waals surface area contributed by atoms with E-state index in [2.05, 4.69) is 13.8 Å². The molecule has 0 unspecified atom stereocenters. The molecule has 100 valence electrons. The Kier molecular flexibility index (Phi) is 6.16. The van der Waals surface area contributed by atoms with Gasteiger partial charge in [-0.1, -0.05) is 25.4 Å². The van der Waals surface area contributed by atoms with Crippen LogP contribution < -0.4 is 4.74 Å². The third-order valence-electron chi connectivity index (χ3n) is 2.26. The van der Waals surface area contributed by atoms with Crippen LogP contribution in [-0.2, 0) is 9.53 Å². The van der Waals surface area contributed by atoms with Crippen LogP contribution >= 0.6 is 11.6 Å². The van der Waals surface area contributed by atoms with Crippen molar-refractivity contribution in [2.24, 2.45) is 5.92 Å². The molecule has 1 rings (SSSR count). The molecule has 0 aliphatic carbocycles. The molecule has 0 bridgehead atoms. The number of hydrogen-bond acceptors (Lipinski definition) is 3. The van der Waals surface area contributed by atoms with Crippen LogP contribution in [0.1, 0.15) is 25.8 Å². The Morgan fingerprint density at radius 2 is 2.11 bits per heavy atom. The van der Waals surface area contributed by atoms with Crippen LogP contribution in [0, 0.1) is 12.8 Å². The summed E-state index contributed by atoms with van der Waals surface area (Å²) in [4.78, 5) is 11.5. The maximum Gasteiger partial charge on any atom is 0.313 e. The van der Waals surface area contributed by atoms with Crippen LogP contribution in [-0.4, -0.2) is 19.2 Å². The Hall–Kier alpha value is -1.06. The van der Waals surface area contributed by atoms with Crippen molar-refractivity contribution in [2.75, 3.05) is 13.2 Å². The zero-order valence-corrected chi connectivity index (χ0v) is 11.8. The first-order valence-electron chi connectivity index (χ1n) is 6.03. The average Bonchev–Trinajstić information content (AvgIpc) is 2.29. The van der Waals surface area contributed by atoms with Crippen LogP contribution in [0.4, 0.5) is 0 Å². The topological polar surface area (TPSA) is 35.5 Å². The van der Waals surface area contributed by atoms with E-state index in [1.165, 1.54) is 0 Å².